The summed E-state index contributed by atoms with van der Waals surface area (Å²) in [6, 6.07) is 6.60. The van der Waals surface area contributed by atoms with Gasteiger partial charge in [0.15, 0.2) is 5.60 Å². The highest BCUT2D eigenvalue weighted by atomic mass is 16.7. The van der Waals surface area contributed by atoms with Gasteiger partial charge < -0.3 is 18.9 Å². The lowest BCUT2D eigenvalue weighted by Crippen LogP contribution is -2.52. The molecule has 4 rings (SSSR count). The molecule has 3 aliphatic heterocycles. The molecule has 0 aromatic heterocycles. The number of esters is 2. The fraction of sp³-hybridized carbons (Fsp3) is 0.429. The van der Waals surface area contributed by atoms with Crippen LogP contribution in [0.1, 0.15) is 20.8 Å². The molecule has 1 aromatic carbocycles. The quantitative estimate of drug-likeness (QED) is 0.297. The summed E-state index contributed by atoms with van der Waals surface area (Å²) in [7, 11) is 0. The Hall–Kier alpha value is -3.20. The second-order valence-electron chi connectivity index (χ2n) is 7.29. The molecule has 1 aromatic rings. The van der Waals surface area contributed by atoms with E-state index in [1.807, 2.05) is 6.92 Å². The van der Waals surface area contributed by atoms with Crippen LogP contribution in [0.3, 0.4) is 0 Å². The summed E-state index contributed by atoms with van der Waals surface area (Å²) in [5, 5.41) is 0. The lowest BCUT2D eigenvalue weighted by Gasteiger charge is -2.34. The molecule has 0 spiro atoms. The predicted octanol–water partition coefficient (Wildman–Crippen LogP) is 1.35. The van der Waals surface area contributed by atoms with Crippen molar-refractivity contribution >= 4 is 29.4 Å². The van der Waals surface area contributed by atoms with Gasteiger partial charge in [0, 0.05) is 13.8 Å². The van der Waals surface area contributed by atoms with E-state index >= 15 is 0 Å². The van der Waals surface area contributed by atoms with Crippen LogP contribution in [0.4, 0.5) is 5.69 Å². The third-order valence-electron chi connectivity index (χ3n) is 5.40. The van der Waals surface area contributed by atoms with Crippen LogP contribution in [-0.4, -0.2) is 48.4 Å². The van der Waals surface area contributed by atoms with Gasteiger partial charge in [-0.15, -0.1) is 0 Å². The zero-order chi connectivity index (χ0) is 21.6. The SMILES string of the molecule is CCOc1ccc(N2C(=O)[C@@H]3[C@@H](C2=O)[C@@]2(C(OC(C)=O)OC(C)=O)C=C[C@H]3O2)cc1. The molecule has 0 aliphatic carbocycles. The molecule has 0 unspecified atom stereocenters. The second kappa shape index (κ2) is 7.24. The van der Waals surface area contributed by atoms with Gasteiger partial charge in [0.05, 0.1) is 30.2 Å². The Bertz CT molecular complexity index is 923. The third-order valence-corrected chi connectivity index (χ3v) is 5.40. The zero-order valence-corrected chi connectivity index (χ0v) is 16.7. The number of fused-ring (bicyclic) bond motifs is 5. The lowest BCUT2D eigenvalue weighted by atomic mass is 9.76. The van der Waals surface area contributed by atoms with Crippen molar-refractivity contribution in [1.82, 2.24) is 0 Å². The molecule has 2 bridgehead atoms. The standard InChI is InChI=1S/C21H21NO8/c1-4-27-14-7-5-13(6-8-14)22-18(25)16-15-9-10-21(30-15,17(16)19(22)26)20(28-11(2)23)29-12(3)24/h5-10,15-17,20H,4H2,1-3H3/t15-,16+,17+,21-/m1/s1. The van der Waals surface area contributed by atoms with Gasteiger partial charge in [0.1, 0.15) is 5.75 Å². The minimum absolute atomic E-state index is 0.397. The van der Waals surface area contributed by atoms with E-state index in [-0.39, 0.29) is 0 Å². The normalized spacial score (nSPS) is 28.8. The lowest BCUT2D eigenvalue weighted by molar-refractivity contribution is -0.226. The Morgan fingerprint density at radius 1 is 1.10 bits per heavy atom. The summed E-state index contributed by atoms with van der Waals surface area (Å²) in [6.45, 7) is 4.66. The number of hydrogen-bond acceptors (Lipinski definition) is 8. The number of amides is 2. The Morgan fingerprint density at radius 3 is 2.30 bits per heavy atom. The van der Waals surface area contributed by atoms with Crippen molar-refractivity contribution in [3.63, 3.8) is 0 Å². The van der Waals surface area contributed by atoms with Gasteiger partial charge in [0.2, 0.25) is 11.8 Å². The molecule has 9 nitrogen and oxygen atoms in total. The number of imide groups is 1. The highest BCUT2D eigenvalue weighted by Crippen LogP contribution is 2.54. The van der Waals surface area contributed by atoms with Crippen molar-refractivity contribution in [2.45, 2.75) is 38.8 Å². The third kappa shape index (κ3) is 2.97. The first kappa shape index (κ1) is 20.1. The maximum absolute atomic E-state index is 13.4. The maximum atomic E-state index is 13.4. The van der Waals surface area contributed by atoms with Gasteiger partial charge in [-0.2, -0.15) is 0 Å². The van der Waals surface area contributed by atoms with Crippen molar-refractivity contribution in [3.8, 4) is 5.75 Å². The number of carbonyl (C=O) groups excluding carboxylic acids is 4. The molecule has 4 atom stereocenters. The number of ether oxygens (including phenoxy) is 4. The fourth-order valence-electron chi connectivity index (χ4n) is 4.33. The van der Waals surface area contributed by atoms with E-state index in [0.717, 1.165) is 18.7 Å². The Balaban J connectivity index is 1.69. The molecule has 2 amide bonds. The van der Waals surface area contributed by atoms with E-state index in [2.05, 4.69) is 0 Å². The summed E-state index contributed by atoms with van der Waals surface area (Å²) >= 11 is 0. The topological polar surface area (TPSA) is 108 Å². The van der Waals surface area contributed by atoms with Crippen molar-refractivity contribution in [2.24, 2.45) is 11.8 Å². The summed E-state index contributed by atoms with van der Waals surface area (Å²) in [5.41, 5.74) is -1.16. The minimum Gasteiger partial charge on any atom is -0.494 e. The van der Waals surface area contributed by atoms with E-state index in [4.69, 9.17) is 18.9 Å². The van der Waals surface area contributed by atoms with Crippen molar-refractivity contribution < 1.29 is 38.1 Å². The Morgan fingerprint density at radius 2 is 1.73 bits per heavy atom. The van der Waals surface area contributed by atoms with E-state index in [0.29, 0.717) is 18.0 Å². The maximum Gasteiger partial charge on any atom is 0.305 e. The van der Waals surface area contributed by atoms with Crippen LogP contribution in [0.5, 0.6) is 5.75 Å². The summed E-state index contributed by atoms with van der Waals surface area (Å²) in [6.07, 6.45) is 1.00. The first-order chi connectivity index (χ1) is 14.3. The van der Waals surface area contributed by atoms with Crippen LogP contribution in [0.25, 0.3) is 0 Å². The first-order valence-corrected chi connectivity index (χ1v) is 9.60. The van der Waals surface area contributed by atoms with Crippen molar-refractivity contribution in [3.05, 3.63) is 36.4 Å². The summed E-state index contributed by atoms with van der Waals surface area (Å²) < 4.78 is 21.7. The number of hydrogen-bond donors (Lipinski definition) is 0. The molecule has 158 valence electrons. The van der Waals surface area contributed by atoms with Crippen LogP contribution in [0.15, 0.2) is 36.4 Å². The number of nitrogens with zero attached hydrogens (tertiary/aromatic N) is 1. The van der Waals surface area contributed by atoms with Crippen LogP contribution < -0.4 is 9.64 Å². The molecule has 3 heterocycles. The number of anilines is 1. The summed E-state index contributed by atoms with van der Waals surface area (Å²) in [4.78, 5) is 50.8. The molecule has 30 heavy (non-hydrogen) atoms. The number of carbonyl (C=O) groups is 4. The van der Waals surface area contributed by atoms with Crippen LogP contribution in [0, 0.1) is 11.8 Å². The minimum atomic E-state index is -1.56. The van der Waals surface area contributed by atoms with Gasteiger partial charge >= 0.3 is 11.9 Å². The molecular weight excluding hydrogens is 394 g/mol. The monoisotopic (exact) mass is 415 g/mol. The molecule has 2 fully saturated rings. The molecule has 0 radical (unpaired) electrons. The van der Waals surface area contributed by atoms with Crippen LogP contribution in [-0.2, 0) is 33.4 Å². The Kier molecular flexibility index (Phi) is 4.85. The first-order valence-electron chi connectivity index (χ1n) is 9.60. The molecule has 0 saturated carbocycles. The van der Waals surface area contributed by atoms with Gasteiger partial charge in [-0.1, -0.05) is 6.08 Å². The van der Waals surface area contributed by atoms with E-state index in [1.165, 1.54) is 0 Å². The molecule has 0 N–H and O–H groups in total. The molecule has 9 heteroatoms. The highest BCUT2D eigenvalue weighted by Gasteiger charge is 2.72. The van der Waals surface area contributed by atoms with Gasteiger partial charge in [0.25, 0.3) is 6.29 Å². The largest absolute Gasteiger partial charge is 0.494 e. The number of rotatable bonds is 6. The van der Waals surface area contributed by atoms with Crippen molar-refractivity contribution in [2.75, 3.05) is 11.5 Å². The predicted molar refractivity (Wildman–Crippen MR) is 101 cm³/mol. The fourth-order valence-corrected chi connectivity index (χ4v) is 4.33. The van der Waals surface area contributed by atoms with Crippen LogP contribution in [0.2, 0.25) is 0 Å². The van der Waals surface area contributed by atoms with Crippen molar-refractivity contribution in [1.29, 1.82) is 0 Å². The van der Waals surface area contributed by atoms with Gasteiger partial charge in [-0.05, 0) is 37.3 Å². The average molecular weight is 415 g/mol. The van der Waals surface area contributed by atoms with E-state index < -0.39 is 53.6 Å². The van der Waals surface area contributed by atoms with E-state index in [1.54, 1.807) is 36.4 Å². The van der Waals surface area contributed by atoms with Gasteiger partial charge in [-0.25, -0.2) is 4.90 Å². The van der Waals surface area contributed by atoms with Gasteiger partial charge in [-0.3, -0.25) is 19.2 Å². The molecular formula is C21H21NO8. The second-order valence-corrected chi connectivity index (χ2v) is 7.29. The smallest absolute Gasteiger partial charge is 0.305 e. The Labute approximate surface area is 172 Å². The molecule has 2 saturated heterocycles. The zero-order valence-electron chi connectivity index (χ0n) is 16.7. The highest BCUT2D eigenvalue weighted by molar-refractivity contribution is 6.23. The molecule has 3 aliphatic rings. The average Bonchev–Trinajstić information content (AvgIpc) is 3.33. The van der Waals surface area contributed by atoms with Crippen LogP contribution >= 0.6 is 0 Å². The summed E-state index contributed by atoms with van der Waals surface area (Å²) in [5.74, 6) is -3.52. The number of benzene rings is 1. The van der Waals surface area contributed by atoms with E-state index in [9.17, 15) is 19.2 Å².